The summed E-state index contributed by atoms with van der Waals surface area (Å²) in [6, 6.07) is 7.69. The summed E-state index contributed by atoms with van der Waals surface area (Å²) >= 11 is 0. The fourth-order valence-corrected chi connectivity index (χ4v) is 2.30. The van der Waals surface area contributed by atoms with Gasteiger partial charge in [0.1, 0.15) is 5.75 Å². The second-order valence-electron chi connectivity index (χ2n) is 5.90. The lowest BCUT2D eigenvalue weighted by Gasteiger charge is -2.08. The summed E-state index contributed by atoms with van der Waals surface area (Å²) in [5.74, 6) is 1.28. The van der Waals surface area contributed by atoms with Crippen molar-refractivity contribution >= 4 is 11.6 Å². The van der Waals surface area contributed by atoms with E-state index in [2.05, 4.69) is 12.2 Å². The third-order valence-electron chi connectivity index (χ3n) is 3.84. The van der Waals surface area contributed by atoms with Gasteiger partial charge in [0.25, 0.3) is 0 Å². The van der Waals surface area contributed by atoms with E-state index in [-0.39, 0.29) is 11.8 Å². The van der Waals surface area contributed by atoms with Gasteiger partial charge >= 0.3 is 0 Å². The number of hydrogen-bond acceptors (Lipinski definition) is 2. The second kappa shape index (κ2) is 8.71. The summed E-state index contributed by atoms with van der Waals surface area (Å²) in [7, 11) is 0. The molecule has 0 heterocycles. The maximum atomic E-state index is 11.6. The van der Waals surface area contributed by atoms with Crippen LogP contribution in [-0.4, -0.2) is 12.5 Å². The van der Waals surface area contributed by atoms with Gasteiger partial charge in [-0.1, -0.05) is 39.0 Å². The van der Waals surface area contributed by atoms with E-state index in [0.717, 1.165) is 37.3 Å². The first-order chi connectivity index (χ1) is 10.3. The molecule has 0 spiro atoms. The highest BCUT2D eigenvalue weighted by molar-refractivity contribution is 5.94. The molecule has 1 N–H and O–H groups in total. The van der Waals surface area contributed by atoms with Crippen LogP contribution in [0.15, 0.2) is 24.3 Å². The maximum absolute atomic E-state index is 11.6. The van der Waals surface area contributed by atoms with E-state index in [4.69, 9.17) is 4.74 Å². The van der Waals surface area contributed by atoms with Gasteiger partial charge in [0.15, 0.2) is 0 Å². The molecule has 3 nitrogen and oxygen atoms in total. The Hall–Kier alpha value is -1.51. The first kappa shape index (κ1) is 15.9. The number of rotatable bonds is 10. The first-order valence-corrected chi connectivity index (χ1v) is 8.33. The van der Waals surface area contributed by atoms with Crippen molar-refractivity contribution in [3.63, 3.8) is 0 Å². The fourth-order valence-electron chi connectivity index (χ4n) is 2.30. The molecule has 3 heteroatoms. The van der Waals surface area contributed by atoms with Crippen molar-refractivity contribution in [1.82, 2.24) is 0 Å². The zero-order valence-corrected chi connectivity index (χ0v) is 13.1. The minimum absolute atomic E-state index is 0.149. The summed E-state index contributed by atoms with van der Waals surface area (Å²) in [5, 5.41) is 2.93. The van der Waals surface area contributed by atoms with Crippen LogP contribution < -0.4 is 10.1 Å². The number of hydrogen-bond donors (Lipinski definition) is 1. The smallest absolute Gasteiger partial charge is 0.227 e. The summed E-state index contributed by atoms with van der Waals surface area (Å²) < 4.78 is 5.72. The third kappa shape index (κ3) is 6.19. The molecule has 1 aromatic carbocycles. The number of ether oxygens (including phenoxy) is 1. The van der Waals surface area contributed by atoms with E-state index in [1.54, 1.807) is 0 Å². The molecule has 0 bridgehead atoms. The van der Waals surface area contributed by atoms with Crippen molar-refractivity contribution in [2.75, 3.05) is 11.9 Å². The molecular weight excluding hydrogens is 262 g/mol. The van der Waals surface area contributed by atoms with E-state index in [0.29, 0.717) is 0 Å². The van der Waals surface area contributed by atoms with Gasteiger partial charge in [-0.2, -0.15) is 0 Å². The van der Waals surface area contributed by atoms with Crippen LogP contribution in [0.4, 0.5) is 5.69 Å². The highest BCUT2D eigenvalue weighted by atomic mass is 16.5. The number of benzene rings is 1. The quantitative estimate of drug-likeness (QED) is 0.630. The molecule has 0 radical (unpaired) electrons. The lowest BCUT2D eigenvalue weighted by atomic mass is 10.1. The third-order valence-corrected chi connectivity index (χ3v) is 3.84. The molecule has 1 amide bonds. The van der Waals surface area contributed by atoms with Crippen LogP contribution in [-0.2, 0) is 4.79 Å². The summed E-state index contributed by atoms with van der Waals surface area (Å²) in [4.78, 5) is 11.6. The van der Waals surface area contributed by atoms with Crippen LogP contribution in [0.5, 0.6) is 5.75 Å². The van der Waals surface area contributed by atoms with Gasteiger partial charge in [-0.25, -0.2) is 0 Å². The summed E-state index contributed by atoms with van der Waals surface area (Å²) in [5.41, 5.74) is 0.860. The molecule has 1 fully saturated rings. The van der Waals surface area contributed by atoms with E-state index < -0.39 is 0 Å². The van der Waals surface area contributed by atoms with Crippen LogP contribution in [0.25, 0.3) is 0 Å². The van der Waals surface area contributed by atoms with E-state index in [9.17, 15) is 4.79 Å². The molecule has 21 heavy (non-hydrogen) atoms. The Morgan fingerprint density at radius 3 is 2.43 bits per heavy atom. The lowest BCUT2D eigenvalue weighted by molar-refractivity contribution is -0.117. The molecular formula is C18H27NO2. The van der Waals surface area contributed by atoms with E-state index in [1.165, 1.54) is 32.1 Å². The van der Waals surface area contributed by atoms with E-state index >= 15 is 0 Å². The number of anilines is 1. The molecule has 0 aromatic heterocycles. The van der Waals surface area contributed by atoms with Gasteiger partial charge in [0, 0.05) is 11.6 Å². The highest BCUT2D eigenvalue weighted by Gasteiger charge is 2.29. The van der Waals surface area contributed by atoms with Crippen LogP contribution in [0.1, 0.15) is 58.3 Å². The number of nitrogens with one attached hydrogen (secondary N) is 1. The van der Waals surface area contributed by atoms with Gasteiger partial charge in [-0.05, 0) is 43.5 Å². The van der Waals surface area contributed by atoms with Crippen molar-refractivity contribution in [3.05, 3.63) is 24.3 Å². The van der Waals surface area contributed by atoms with E-state index in [1.807, 2.05) is 24.3 Å². The molecule has 1 aliphatic carbocycles. The molecule has 0 aliphatic heterocycles. The predicted molar refractivity (Wildman–Crippen MR) is 86.7 cm³/mol. The Labute approximate surface area is 128 Å². The van der Waals surface area contributed by atoms with Crippen LogP contribution in [0.2, 0.25) is 0 Å². The molecule has 0 unspecified atom stereocenters. The Bertz CT molecular complexity index is 423. The first-order valence-electron chi connectivity index (χ1n) is 8.33. The SMILES string of the molecule is CCCCCCCCOc1ccc(NC(=O)C2CC2)cc1. The van der Waals surface area contributed by atoms with Gasteiger partial charge in [-0.15, -0.1) is 0 Å². The molecule has 1 aliphatic rings. The highest BCUT2D eigenvalue weighted by Crippen LogP contribution is 2.30. The standard InChI is InChI=1S/C18H27NO2/c1-2-3-4-5-6-7-14-21-17-12-10-16(11-13-17)19-18(20)15-8-9-15/h10-13,15H,2-9,14H2,1H3,(H,19,20). The zero-order valence-electron chi connectivity index (χ0n) is 13.1. The second-order valence-corrected chi connectivity index (χ2v) is 5.90. The topological polar surface area (TPSA) is 38.3 Å². The van der Waals surface area contributed by atoms with Crippen LogP contribution in [0.3, 0.4) is 0 Å². The van der Waals surface area contributed by atoms with Crippen molar-refractivity contribution in [3.8, 4) is 5.75 Å². The predicted octanol–water partition coefficient (Wildman–Crippen LogP) is 4.77. The number of unbranched alkanes of at least 4 members (excludes halogenated alkanes) is 5. The molecule has 1 saturated carbocycles. The average Bonchev–Trinajstić information content (AvgIpc) is 3.33. The number of carbonyl (C=O) groups excluding carboxylic acids is 1. The van der Waals surface area contributed by atoms with Crippen molar-refractivity contribution in [2.45, 2.75) is 58.3 Å². The van der Waals surface area contributed by atoms with Crippen molar-refractivity contribution in [1.29, 1.82) is 0 Å². The van der Waals surface area contributed by atoms with Crippen LogP contribution >= 0.6 is 0 Å². The van der Waals surface area contributed by atoms with Crippen LogP contribution in [0, 0.1) is 5.92 Å². The average molecular weight is 289 g/mol. The Morgan fingerprint density at radius 1 is 1.10 bits per heavy atom. The fraction of sp³-hybridized carbons (Fsp3) is 0.611. The van der Waals surface area contributed by atoms with Gasteiger partial charge in [0.2, 0.25) is 5.91 Å². The monoisotopic (exact) mass is 289 g/mol. The minimum atomic E-state index is 0.149. The lowest BCUT2D eigenvalue weighted by Crippen LogP contribution is -2.13. The van der Waals surface area contributed by atoms with Gasteiger partial charge in [0.05, 0.1) is 6.61 Å². The van der Waals surface area contributed by atoms with Crippen molar-refractivity contribution < 1.29 is 9.53 Å². The minimum Gasteiger partial charge on any atom is -0.494 e. The van der Waals surface area contributed by atoms with Gasteiger partial charge in [-0.3, -0.25) is 4.79 Å². The largest absolute Gasteiger partial charge is 0.494 e. The number of amides is 1. The molecule has 2 rings (SSSR count). The number of carbonyl (C=O) groups is 1. The molecule has 0 atom stereocenters. The maximum Gasteiger partial charge on any atom is 0.227 e. The zero-order chi connectivity index (χ0) is 14.9. The summed E-state index contributed by atoms with van der Waals surface area (Å²) in [6.07, 6.45) is 9.71. The Kier molecular flexibility index (Phi) is 6.58. The Balaban J connectivity index is 1.59. The molecule has 1 aromatic rings. The normalized spacial score (nSPS) is 14.0. The van der Waals surface area contributed by atoms with Gasteiger partial charge < -0.3 is 10.1 Å². The Morgan fingerprint density at radius 2 is 1.76 bits per heavy atom. The summed E-state index contributed by atoms with van der Waals surface area (Å²) in [6.45, 7) is 3.01. The van der Waals surface area contributed by atoms with Crippen molar-refractivity contribution in [2.24, 2.45) is 5.92 Å². The molecule has 0 saturated heterocycles. The molecule has 116 valence electrons.